The first kappa shape index (κ1) is 20.2. The van der Waals surface area contributed by atoms with Crippen molar-refractivity contribution in [2.24, 2.45) is 4.99 Å². The molecular weight excluding hydrogens is 444 g/mol. The van der Waals surface area contributed by atoms with Crippen molar-refractivity contribution in [1.29, 1.82) is 0 Å². The van der Waals surface area contributed by atoms with Gasteiger partial charge in [0.15, 0.2) is 5.96 Å². The van der Waals surface area contributed by atoms with Crippen molar-refractivity contribution in [2.75, 3.05) is 13.1 Å². The Morgan fingerprint density at radius 3 is 2.73 bits per heavy atom. The number of aromatic nitrogens is 2. The number of halogens is 2. The molecule has 2 N–H and O–H groups in total. The van der Waals surface area contributed by atoms with E-state index in [2.05, 4.69) is 20.6 Å². The molecule has 26 heavy (non-hydrogen) atoms. The third kappa shape index (κ3) is 5.42. The maximum atomic E-state index is 13.7. The third-order valence-electron chi connectivity index (χ3n) is 3.80. The van der Waals surface area contributed by atoms with Crippen LogP contribution in [0, 0.1) is 5.82 Å². The summed E-state index contributed by atoms with van der Waals surface area (Å²) in [4.78, 5) is 9.02. The van der Waals surface area contributed by atoms with Crippen LogP contribution in [0.4, 0.5) is 4.39 Å². The second kappa shape index (κ2) is 10.1. The number of hydrogen-bond acceptors (Lipinski definition) is 2. The number of nitrogens with one attached hydrogen (secondary N) is 2. The second-order valence-corrected chi connectivity index (χ2v) is 5.66. The molecule has 0 aliphatic rings. The van der Waals surface area contributed by atoms with Crippen molar-refractivity contribution in [3.63, 3.8) is 0 Å². The summed E-state index contributed by atoms with van der Waals surface area (Å²) in [7, 11) is 0. The van der Waals surface area contributed by atoms with Gasteiger partial charge in [0.25, 0.3) is 0 Å². The van der Waals surface area contributed by atoms with Crippen LogP contribution in [0.15, 0.2) is 59.9 Å². The second-order valence-electron chi connectivity index (χ2n) is 5.66. The minimum absolute atomic E-state index is 0. The van der Waals surface area contributed by atoms with Crippen LogP contribution in [0.5, 0.6) is 0 Å². The molecule has 0 saturated carbocycles. The third-order valence-corrected chi connectivity index (χ3v) is 3.80. The normalized spacial score (nSPS) is 11.2. The summed E-state index contributed by atoms with van der Waals surface area (Å²) in [5.41, 5.74) is 2.54. The minimum atomic E-state index is -0.230. The molecule has 0 amide bonds. The van der Waals surface area contributed by atoms with E-state index >= 15 is 0 Å². The summed E-state index contributed by atoms with van der Waals surface area (Å²) in [6, 6.07) is 12.6. The Morgan fingerprint density at radius 2 is 1.96 bits per heavy atom. The first-order valence-corrected chi connectivity index (χ1v) is 8.44. The molecule has 1 aromatic carbocycles. The number of aliphatic imine (C=N–C) groups is 1. The highest BCUT2D eigenvalue weighted by Gasteiger charge is 2.03. The lowest BCUT2D eigenvalue weighted by atomic mass is 10.2. The number of guanidine groups is 1. The van der Waals surface area contributed by atoms with Crippen LogP contribution < -0.4 is 10.6 Å². The van der Waals surface area contributed by atoms with Gasteiger partial charge in [-0.05, 0) is 25.1 Å². The molecule has 0 atom stereocenters. The Balaban J connectivity index is 0.00000243. The maximum Gasteiger partial charge on any atom is 0.191 e. The van der Waals surface area contributed by atoms with E-state index in [-0.39, 0.29) is 29.8 Å². The Morgan fingerprint density at radius 1 is 1.15 bits per heavy atom. The first-order chi connectivity index (χ1) is 12.3. The Labute approximate surface area is 169 Å². The van der Waals surface area contributed by atoms with Crippen molar-refractivity contribution in [2.45, 2.75) is 19.9 Å². The predicted octanol–water partition coefficient (Wildman–Crippen LogP) is 3.39. The molecule has 138 valence electrons. The van der Waals surface area contributed by atoms with Crippen LogP contribution in [-0.2, 0) is 13.0 Å². The zero-order valence-corrected chi connectivity index (χ0v) is 17.0. The fourth-order valence-corrected chi connectivity index (χ4v) is 2.55. The van der Waals surface area contributed by atoms with Crippen molar-refractivity contribution >= 4 is 35.6 Å². The van der Waals surface area contributed by atoms with Crippen molar-refractivity contribution in [3.8, 4) is 0 Å². The average molecular weight is 467 g/mol. The van der Waals surface area contributed by atoms with Crippen molar-refractivity contribution in [1.82, 2.24) is 20.0 Å². The molecule has 7 heteroatoms. The molecular formula is C19H23FIN5. The summed E-state index contributed by atoms with van der Waals surface area (Å²) in [5, 5.41) is 6.45. The van der Waals surface area contributed by atoms with Crippen LogP contribution in [0.25, 0.3) is 5.65 Å². The molecule has 2 heterocycles. The molecule has 0 fully saturated rings. The lowest BCUT2D eigenvalue weighted by molar-refractivity contribution is 0.610. The van der Waals surface area contributed by atoms with E-state index in [0.29, 0.717) is 24.6 Å². The number of imidazole rings is 1. The average Bonchev–Trinajstić information content (AvgIpc) is 3.03. The molecule has 0 aliphatic heterocycles. The Kier molecular flexibility index (Phi) is 7.83. The monoisotopic (exact) mass is 467 g/mol. The van der Waals surface area contributed by atoms with E-state index in [1.54, 1.807) is 12.1 Å². The van der Waals surface area contributed by atoms with Gasteiger partial charge in [0, 0.05) is 37.5 Å². The molecule has 0 aliphatic carbocycles. The molecule has 3 aromatic rings. The molecule has 0 spiro atoms. The molecule has 0 unspecified atom stereocenters. The van der Waals surface area contributed by atoms with E-state index < -0.39 is 0 Å². The van der Waals surface area contributed by atoms with Gasteiger partial charge in [0.2, 0.25) is 0 Å². The van der Waals surface area contributed by atoms with Gasteiger partial charge in [0.1, 0.15) is 11.5 Å². The van der Waals surface area contributed by atoms with Crippen LogP contribution >= 0.6 is 24.0 Å². The molecule has 0 saturated heterocycles. The Bertz CT molecular complexity index is 829. The van der Waals surface area contributed by atoms with E-state index in [1.807, 2.05) is 48.0 Å². The highest BCUT2D eigenvalue weighted by Crippen LogP contribution is 2.07. The smallest absolute Gasteiger partial charge is 0.191 e. The number of nitrogens with zero attached hydrogens (tertiary/aromatic N) is 3. The summed E-state index contributed by atoms with van der Waals surface area (Å²) >= 11 is 0. The molecule has 3 rings (SSSR count). The molecule has 0 bridgehead atoms. The maximum absolute atomic E-state index is 13.7. The molecule has 2 aromatic heterocycles. The standard InChI is InChI=1S/C19H22FN5.HI/c1-2-21-19(23-13-15-7-3-4-8-17(15)20)22-11-10-16-14-25-12-6-5-9-18(25)24-16;/h3-9,12,14H,2,10-11,13H2,1H3,(H2,21,22,23);1H. The quantitative estimate of drug-likeness (QED) is 0.332. The number of rotatable bonds is 6. The summed E-state index contributed by atoms with van der Waals surface area (Å²) in [5.74, 6) is 0.446. The lowest BCUT2D eigenvalue weighted by Crippen LogP contribution is -2.38. The number of hydrogen-bond donors (Lipinski definition) is 2. The zero-order valence-electron chi connectivity index (χ0n) is 14.7. The van der Waals surface area contributed by atoms with Crippen LogP contribution in [0.1, 0.15) is 18.2 Å². The minimum Gasteiger partial charge on any atom is -0.357 e. The molecule has 5 nitrogen and oxygen atoms in total. The molecule has 0 radical (unpaired) electrons. The van der Waals surface area contributed by atoms with E-state index in [4.69, 9.17) is 0 Å². The van der Waals surface area contributed by atoms with E-state index in [0.717, 1.165) is 24.3 Å². The van der Waals surface area contributed by atoms with Gasteiger partial charge >= 0.3 is 0 Å². The van der Waals surface area contributed by atoms with Gasteiger partial charge in [-0.2, -0.15) is 0 Å². The highest BCUT2D eigenvalue weighted by atomic mass is 127. The first-order valence-electron chi connectivity index (χ1n) is 8.44. The summed E-state index contributed by atoms with van der Waals surface area (Å²) < 4.78 is 15.7. The van der Waals surface area contributed by atoms with Gasteiger partial charge in [-0.15, -0.1) is 24.0 Å². The Hall–Kier alpha value is -2.16. The number of benzene rings is 1. The van der Waals surface area contributed by atoms with Gasteiger partial charge < -0.3 is 15.0 Å². The van der Waals surface area contributed by atoms with Crippen LogP contribution in [-0.4, -0.2) is 28.4 Å². The fourth-order valence-electron chi connectivity index (χ4n) is 2.55. The SMILES string of the molecule is CCNC(=NCc1ccccc1F)NCCc1cn2ccccc2n1.I. The summed E-state index contributed by atoms with van der Waals surface area (Å²) in [6.07, 6.45) is 4.80. The lowest BCUT2D eigenvalue weighted by Gasteiger charge is -2.10. The van der Waals surface area contributed by atoms with Crippen molar-refractivity contribution in [3.05, 3.63) is 71.9 Å². The number of fused-ring (bicyclic) bond motifs is 1. The van der Waals surface area contributed by atoms with E-state index in [1.165, 1.54) is 6.07 Å². The van der Waals surface area contributed by atoms with Crippen LogP contribution in [0.2, 0.25) is 0 Å². The highest BCUT2D eigenvalue weighted by molar-refractivity contribution is 14.0. The number of pyridine rings is 1. The van der Waals surface area contributed by atoms with E-state index in [9.17, 15) is 4.39 Å². The van der Waals surface area contributed by atoms with Gasteiger partial charge in [-0.3, -0.25) is 0 Å². The fraction of sp³-hybridized carbons (Fsp3) is 0.263. The topological polar surface area (TPSA) is 53.7 Å². The van der Waals surface area contributed by atoms with Gasteiger partial charge in [0.05, 0.1) is 12.2 Å². The van der Waals surface area contributed by atoms with Gasteiger partial charge in [-0.25, -0.2) is 14.4 Å². The zero-order chi connectivity index (χ0) is 17.5. The van der Waals surface area contributed by atoms with Gasteiger partial charge in [-0.1, -0.05) is 24.3 Å². The predicted molar refractivity (Wildman–Crippen MR) is 114 cm³/mol. The largest absolute Gasteiger partial charge is 0.357 e. The van der Waals surface area contributed by atoms with Crippen molar-refractivity contribution < 1.29 is 4.39 Å². The van der Waals surface area contributed by atoms with Crippen LogP contribution in [0.3, 0.4) is 0 Å². The summed E-state index contributed by atoms with van der Waals surface area (Å²) in [6.45, 7) is 3.75.